The molecular formula is C24H25ClN2O. The average molecular weight is 393 g/mol. The largest absolute Gasteiger partial charge is 0.372 e. The molecule has 28 heavy (non-hydrogen) atoms. The topological polar surface area (TPSA) is 36.1 Å². The lowest BCUT2D eigenvalue weighted by atomic mass is 9.97. The Balaban J connectivity index is 1.55. The van der Waals surface area contributed by atoms with Gasteiger partial charge in [0.25, 0.3) is 0 Å². The highest BCUT2D eigenvalue weighted by Crippen LogP contribution is 2.29. The first kappa shape index (κ1) is 18.8. The van der Waals surface area contributed by atoms with Crippen LogP contribution in [0.4, 0.5) is 5.69 Å². The summed E-state index contributed by atoms with van der Waals surface area (Å²) in [6, 6.07) is 18.0. The Labute approximate surface area is 171 Å². The van der Waals surface area contributed by atoms with Crippen molar-refractivity contribution in [3.8, 4) is 0 Å². The fourth-order valence-electron chi connectivity index (χ4n) is 3.93. The molecular weight excluding hydrogens is 368 g/mol. The van der Waals surface area contributed by atoms with Crippen LogP contribution in [0.5, 0.6) is 0 Å². The number of H-pyrrole nitrogens is 1. The third-order valence-corrected chi connectivity index (χ3v) is 5.95. The smallest absolute Gasteiger partial charge is 0.209 e. The molecule has 0 saturated carbocycles. The van der Waals surface area contributed by atoms with E-state index in [-0.39, 0.29) is 11.7 Å². The molecule has 1 fully saturated rings. The third kappa shape index (κ3) is 3.72. The second-order valence-electron chi connectivity index (χ2n) is 7.63. The standard InChI is InChI=1S/C24H25ClN2O/c1-16-15-22(26-23(16)24(28)19-5-9-20(25)10-6-19)17(2)18-7-11-21(12-8-18)27-13-3-4-14-27/h5-12,15,17,26H,3-4,13-14H2,1-2H3. The zero-order valence-electron chi connectivity index (χ0n) is 16.3. The molecule has 1 aliphatic heterocycles. The second kappa shape index (κ2) is 7.84. The minimum atomic E-state index is -0.00278. The van der Waals surface area contributed by atoms with Gasteiger partial charge in [0.1, 0.15) is 0 Å². The number of carbonyl (C=O) groups excluding carboxylic acids is 1. The van der Waals surface area contributed by atoms with E-state index in [1.54, 1.807) is 24.3 Å². The van der Waals surface area contributed by atoms with Crippen LogP contribution >= 0.6 is 11.6 Å². The number of carbonyl (C=O) groups is 1. The van der Waals surface area contributed by atoms with Crippen LogP contribution in [-0.2, 0) is 0 Å². The van der Waals surface area contributed by atoms with Crippen LogP contribution in [0, 0.1) is 6.92 Å². The van der Waals surface area contributed by atoms with Crippen LogP contribution in [0.25, 0.3) is 0 Å². The first-order valence-corrected chi connectivity index (χ1v) is 10.3. The monoisotopic (exact) mass is 392 g/mol. The predicted octanol–water partition coefficient (Wildman–Crippen LogP) is 5.96. The summed E-state index contributed by atoms with van der Waals surface area (Å²) in [5.74, 6) is 0.190. The van der Waals surface area contributed by atoms with Crippen molar-refractivity contribution in [2.45, 2.75) is 32.6 Å². The van der Waals surface area contributed by atoms with Crippen LogP contribution in [-0.4, -0.2) is 23.9 Å². The van der Waals surface area contributed by atoms with Crippen molar-refractivity contribution in [3.05, 3.63) is 87.7 Å². The molecule has 3 aromatic rings. The lowest BCUT2D eigenvalue weighted by Gasteiger charge is -2.19. The van der Waals surface area contributed by atoms with E-state index in [4.69, 9.17) is 11.6 Å². The summed E-state index contributed by atoms with van der Waals surface area (Å²) >= 11 is 5.94. The quantitative estimate of drug-likeness (QED) is 0.544. The summed E-state index contributed by atoms with van der Waals surface area (Å²) in [7, 11) is 0. The Kier molecular flexibility index (Phi) is 5.27. The highest BCUT2D eigenvalue weighted by Gasteiger charge is 2.19. The zero-order valence-corrected chi connectivity index (χ0v) is 17.1. The molecule has 0 radical (unpaired) electrons. The van der Waals surface area contributed by atoms with E-state index in [0.717, 1.165) is 24.3 Å². The molecule has 0 spiro atoms. The van der Waals surface area contributed by atoms with Crippen LogP contribution < -0.4 is 4.90 Å². The number of nitrogens with zero attached hydrogens (tertiary/aromatic N) is 1. The molecule has 0 bridgehead atoms. The highest BCUT2D eigenvalue weighted by atomic mass is 35.5. The van der Waals surface area contributed by atoms with Crippen molar-refractivity contribution in [1.82, 2.24) is 4.98 Å². The highest BCUT2D eigenvalue weighted by molar-refractivity contribution is 6.30. The maximum Gasteiger partial charge on any atom is 0.209 e. The molecule has 0 aliphatic carbocycles. The van der Waals surface area contributed by atoms with Gasteiger partial charge in [-0.05, 0) is 73.4 Å². The van der Waals surface area contributed by atoms with Gasteiger partial charge in [0.2, 0.25) is 5.78 Å². The summed E-state index contributed by atoms with van der Waals surface area (Å²) in [4.78, 5) is 18.7. The molecule has 1 aliphatic rings. The van der Waals surface area contributed by atoms with Gasteiger partial charge >= 0.3 is 0 Å². The van der Waals surface area contributed by atoms with Gasteiger partial charge in [0, 0.05) is 41.0 Å². The molecule has 1 unspecified atom stereocenters. The van der Waals surface area contributed by atoms with E-state index in [2.05, 4.69) is 47.1 Å². The van der Waals surface area contributed by atoms with Crippen LogP contribution in [0.1, 0.15) is 58.6 Å². The van der Waals surface area contributed by atoms with Crippen molar-refractivity contribution < 1.29 is 4.79 Å². The van der Waals surface area contributed by atoms with Gasteiger partial charge in [-0.2, -0.15) is 0 Å². The van der Waals surface area contributed by atoms with Gasteiger partial charge in [0.15, 0.2) is 0 Å². The first-order valence-electron chi connectivity index (χ1n) is 9.87. The van der Waals surface area contributed by atoms with E-state index in [0.29, 0.717) is 16.3 Å². The fourth-order valence-corrected chi connectivity index (χ4v) is 4.05. The molecule has 4 rings (SSSR count). The molecule has 2 aromatic carbocycles. The Morgan fingerprint density at radius 1 is 1.04 bits per heavy atom. The summed E-state index contributed by atoms with van der Waals surface area (Å²) in [5.41, 5.74) is 5.87. The number of nitrogens with one attached hydrogen (secondary N) is 1. The number of hydrogen-bond acceptors (Lipinski definition) is 2. The zero-order chi connectivity index (χ0) is 19.7. The normalized spacial score (nSPS) is 15.0. The van der Waals surface area contributed by atoms with Crippen molar-refractivity contribution >= 4 is 23.1 Å². The van der Waals surface area contributed by atoms with Gasteiger partial charge < -0.3 is 9.88 Å². The van der Waals surface area contributed by atoms with Crippen molar-refractivity contribution in [2.75, 3.05) is 18.0 Å². The van der Waals surface area contributed by atoms with Crippen molar-refractivity contribution in [2.24, 2.45) is 0 Å². The average Bonchev–Trinajstić information content (AvgIpc) is 3.38. The number of halogens is 1. The minimum Gasteiger partial charge on any atom is -0.372 e. The molecule has 1 aromatic heterocycles. The molecule has 2 heterocycles. The van der Waals surface area contributed by atoms with Gasteiger partial charge in [-0.3, -0.25) is 4.79 Å². The van der Waals surface area contributed by atoms with Crippen molar-refractivity contribution in [3.63, 3.8) is 0 Å². The van der Waals surface area contributed by atoms with Gasteiger partial charge in [0.05, 0.1) is 5.69 Å². The number of ketones is 1. The molecule has 4 heteroatoms. The van der Waals surface area contributed by atoms with Crippen LogP contribution in [0.2, 0.25) is 5.02 Å². The van der Waals surface area contributed by atoms with E-state index in [1.165, 1.54) is 24.1 Å². The number of aromatic amines is 1. The van der Waals surface area contributed by atoms with E-state index < -0.39 is 0 Å². The summed E-state index contributed by atoms with van der Waals surface area (Å²) < 4.78 is 0. The predicted molar refractivity (Wildman–Crippen MR) is 116 cm³/mol. The molecule has 1 N–H and O–H groups in total. The third-order valence-electron chi connectivity index (χ3n) is 5.70. The van der Waals surface area contributed by atoms with Crippen LogP contribution in [0.15, 0.2) is 54.6 Å². The Bertz CT molecular complexity index is 967. The number of hydrogen-bond donors (Lipinski definition) is 1. The molecule has 1 atom stereocenters. The van der Waals surface area contributed by atoms with Gasteiger partial charge in [-0.1, -0.05) is 30.7 Å². The summed E-state index contributed by atoms with van der Waals surface area (Å²) in [6.07, 6.45) is 2.56. The minimum absolute atomic E-state index is 0.00278. The molecule has 3 nitrogen and oxygen atoms in total. The number of anilines is 1. The molecule has 144 valence electrons. The lowest BCUT2D eigenvalue weighted by Crippen LogP contribution is -2.17. The maximum atomic E-state index is 12.9. The number of aryl methyl sites for hydroxylation is 1. The number of aromatic nitrogens is 1. The number of benzene rings is 2. The van der Waals surface area contributed by atoms with Gasteiger partial charge in [-0.15, -0.1) is 0 Å². The lowest BCUT2D eigenvalue weighted by molar-refractivity contribution is 0.103. The fraction of sp³-hybridized carbons (Fsp3) is 0.292. The number of rotatable bonds is 5. The first-order chi connectivity index (χ1) is 13.5. The Morgan fingerprint density at radius 2 is 1.68 bits per heavy atom. The van der Waals surface area contributed by atoms with Crippen LogP contribution in [0.3, 0.4) is 0 Å². The SMILES string of the molecule is Cc1cc(C(C)c2ccc(N3CCCC3)cc2)[nH]c1C(=O)c1ccc(Cl)cc1. The van der Waals surface area contributed by atoms with E-state index >= 15 is 0 Å². The summed E-state index contributed by atoms with van der Waals surface area (Å²) in [6.45, 7) is 6.46. The molecule has 0 amide bonds. The Morgan fingerprint density at radius 3 is 2.32 bits per heavy atom. The summed E-state index contributed by atoms with van der Waals surface area (Å²) in [5, 5.41) is 0.631. The van der Waals surface area contributed by atoms with E-state index in [1.807, 2.05) is 6.92 Å². The maximum absolute atomic E-state index is 12.9. The van der Waals surface area contributed by atoms with Gasteiger partial charge in [-0.25, -0.2) is 0 Å². The molecule has 1 saturated heterocycles. The van der Waals surface area contributed by atoms with Crippen molar-refractivity contribution in [1.29, 1.82) is 0 Å². The second-order valence-corrected chi connectivity index (χ2v) is 8.06. The Hall–Kier alpha value is -2.52. The van der Waals surface area contributed by atoms with E-state index in [9.17, 15) is 4.79 Å².